The van der Waals surface area contributed by atoms with Gasteiger partial charge in [-0.2, -0.15) is 0 Å². The summed E-state index contributed by atoms with van der Waals surface area (Å²) in [4.78, 5) is 10.9. The van der Waals surface area contributed by atoms with E-state index < -0.39 is 5.97 Å². The SMILES string of the molecule is O=C(O)c1occc1CNc1cc(Cl)ccc1Br. The van der Waals surface area contributed by atoms with E-state index in [1.165, 1.54) is 6.26 Å². The number of benzene rings is 1. The van der Waals surface area contributed by atoms with Gasteiger partial charge in [0, 0.05) is 21.6 Å². The predicted molar refractivity (Wildman–Crippen MR) is 72.1 cm³/mol. The predicted octanol–water partition coefficient (Wildman–Crippen LogP) is 4.01. The number of halogens is 2. The Labute approximate surface area is 117 Å². The van der Waals surface area contributed by atoms with Gasteiger partial charge in [0.1, 0.15) is 0 Å². The zero-order valence-electron chi connectivity index (χ0n) is 9.11. The van der Waals surface area contributed by atoms with Crippen LogP contribution in [0.1, 0.15) is 16.1 Å². The molecule has 0 spiro atoms. The normalized spacial score (nSPS) is 10.3. The third kappa shape index (κ3) is 2.86. The smallest absolute Gasteiger partial charge is 0.372 e. The van der Waals surface area contributed by atoms with Crippen LogP contribution < -0.4 is 5.32 Å². The molecule has 1 heterocycles. The van der Waals surface area contributed by atoms with E-state index >= 15 is 0 Å². The molecule has 0 unspecified atom stereocenters. The fourth-order valence-electron chi connectivity index (χ4n) is 1.49. The van der Waals surface area contributed by atoms with E-state index in [2.05, 4.69) is 21.2 Å². The van der Waals surface area contributed by atoms with Crippen LogP contribution in [-0.2, 0) is 6.54 Å². The summed E-state index contributed by atoms with van der Waals surface area (Å²) >= 11 is 9.27. The van der Waals surface area contributed by atoms with Crippen LogP contribution in [0.3, 0.4) is 0 Å². The number of nitrogens with one attached hydrogen (secondary N) is 1. The molecule has 0 aliphatic rings. The number of anilines is 1. The van der Waals surface area contributed by atoms with Crippen molar-refractivity contribution in [3.8, 4) is 0 Å². The lowest BCUT2D eigenvalue weighted by atomic mass is 10.2. The van der Waals surface area contributed by atoms with Crippen molar-refractivity contribution in [2.45, 2.75) is 6.54 Å². The van der Waals surface area contributed by atoms with Gasteiger partial charge in [-0.3, -0.25) is 0 Å². The van der Waals surface area contributed by atoms with Crippen LogP contribution in [0.4, 0.5) is 5.69 Å². The largest absolute Gasteiger partial charge is 0.475 e. The number of carboxylic acids is 1. The summed E-state index contributed by atoms with van der Waals surface area (Å²) in [6, 6.07) is 6.95. The third-order valence-electron chi connectivity index (χ3n) is 2.34. The van der Waals surface area contributed by atoms with Crippen molar-refractivity contribution in [1.82, 2.24) is 0 Å². The highest BCUT2D eigenvalue weighted by molar-refractivity contribution is 9.10. The maximum atomic E-state index is 10.9. The van der Waals surface area contributed by atoms with Crippen LogP contribution >= 0.6 is 27.5 Å². The minimum absolute atomic E-state index is 0.0550. The molecule has 0 bridgehead atoms. The van der Waals surface area contributed by atoms with Gasteiger partial charge in [0.2, 0.25) is 5.76 Å². The molecular formula is C12H9BrClNO3. The van der Waals surface area contributed by atoms with E-state index in [1.54, 1.807) is 18.2 Å². The molecule has 1 aromatic heterocycles. The molecule has 1 aromatic carbocycles. The fourth-order valence-corrected chi connectivity index (χ4v) is 2.04. The molecule has 0 fully saturated rings. The van der Waals surface area contributed by atoms with Crippen LogP contribution in [0, 0.1) is 0 Å². The molecule has 0 amide bonds. The molecule has 0 saturated heterocycles. The highest BCUT2D eigenvalue weighted by Crippen LogP contribution is 2.26. The molecule has 2 aromatic rings. The molecule has 0 saturated carbocycles. The monoisotopic (exact) mass is 329 g/mol. The molecule has 6 heteroatoms. The first-order valence-corrected chi connectivity index (χ1v) is 6.23. The Hall–Kier alpha value is -1.46. The molecular weight excluding hydrogens is 321 g/mol. The van der Waals surface area contributed by atoms with Crippen molar-refractivity contribution in [3.63, 3.8) is 0 Å². The Kier molecular flexibility index (Phi) is 3.93. The topological polar surface area (TPSA) is 62.5 Å². The van der Waals surface area contributed by atoms with E-state index in [0.29, 0.717) is 17.1 Å². The van der Waals surface area contributed by atoms with Gasteiger partial charge in [-0.25, -0.2) is 4.79 Å². The maximum absolute atomic E-state index is 10.9. The first kappa shape index (κ1) is 13.0. The molecule has 4 nitrogen and oxygen atoms in total. The molecule has 0 aliphatic heterocycles. The number of rotatable bonds is 4. The van der Waals surface area contributed by atoms with Crippen molar-refractivity contribution >= 4 is 39.2 Å². The number of carbonyl (C=O) groups is 1. The lowest BCUT2D eigenvalue weighted by molar-refractivity contribution is 0.0661. The van der Waals surface area contributed by atoms with E-state index in [0.717, 1.165) is 10.2 Å². The number of furan rings is 1. The number of aromatic carboxylic acids is 1. The van der Waals surface area contributed by atoms with Crippen LogP contribution in [-0.4, -0.2) is 11.1 Å². The summed E-state index contributed by atoms with van der Waals surface area (Å²) in [6.07, 6.45) is 1.35. The second-order valence-electron chi connectivity index (χ2n) is 3.56. The minimum Gasteiger partial charge on any atom is -0.475 e. The summed E-state index contributed by atoms with van der Waals surface area (Å²) in [7, 11) is 0. The first-order valence-electron chi connectivity index (χ1n) is 5.06. The van der Waals surface area contributed by atoms with Gasteiger partial charge in [-0.1, -0.05) is 11.6 Å². The van der Waals surface area contributed by atoms with E-state index in [9.17, 15) is 4.79 Å². The highest BCUT2D eigenvalue weighted by Gasteiger charge is 2.13. The molecule has 0 radical (unpaired) electrons. The molecule has 0 atom stereocenters. The number of hydrogen-bond acceptors (Lipinski definition) is 3. The van der Waals surface area contributed by atoms with Crippen LogP contribution in [0.15, 0.2) is 39.4 Å². The summed E-state index contributed by atoms with van der Waals surface area (Å²) < 4.78 is 5.75. The summed E-state index contributed by atoms with van der Waals surface area (Å²) in [5.41, 5.74) is 1.37. The molecule has 2 rings (SSSR count). The van der Waals surface area contributed by atoms with Crippen molar-refractivity contribution in [1.29, 1.82) is 0 Å². The Bertz CT molecular complexity index is 582. The molecule has 18 heavy (non-hydrogen) atoms. The quantitative estimate of drug-likeness (QED) is 0.889. The van der Waals surface area contributed by atoms with Gasteiger partial charge in [-0.05, 0) is 40.2 Å². The van der Waals surface area contributed by atoms with Crippen molar-refractivity contribution < 1.29 is 14.3 Å². The second-order valence-corrected chi connectivity index (χ2v) is 4.85. The first-order chi connectivity index (χ1) is 8.58. The average Bonchev–Trinajstić information content (AvgIpc) is 2.79. The van der Waals surface area contributed by atoms with Gasteiger partial charge in [-0.15, -0.1) is 0 Å². The van der Waals surface area contributed by atoms with Crippen molar-refractivity contribution in [2.75, 3.05) is 5.32 Å². The fraction of sp³-hybridized carbons (Fsp3) is 0.0833. The van der Waals surface area contributed by atoms with Gasteiger partial charge in [0.15, 0.2) is 0 Å². The van der Waals surface area contributed by atoms with Crippen LogP contribution in [0.25, 0.3) is 0 Å². The van der Waals surface area contributed by atoms with E-state index in [1.807, 2.05) is 6.07 Å². The summed E-state index contributed by atoms with van der Waals surface area (Å²) in [5, 5.41) is 12.6. The van der Waals surface area contributed by atoms with Crippen LogP contribution in [0.2, 0.25) is 5.02 Å². The lowest BCUT2D eigenvalue weighted by Gasteiger charge is -2.08. The van der Waals surface area contributed by atoms with Gasteiger partial charge < -0.3 is 14.8 Å². The molecule has 94 valence electrons. The molecule has 0 aliphatic carbocycles. The minimum atomic E-state index is -1.08. The zero-order chi connectivity index (χ0) is 13.1. The van der Waals surface area contributed by atoms with Crippen molar-refractivity contribution in [3.05, 3.63) is 51.3 Å². The third-order valence-corrected chi connectivity index (χ3v) is 3.27. The van der Waals surface area contributed by atoms with Gasteiger partial charge in [0.25, 0.3) is 0 Å². The number of carboxylic acid groups (broad SMARTS) is 1. The lowest BCUT2D eigenvalue weighted by Crippen LogP contribution is -2.05. The summed E-state index contributed by atoms with van der Waals surface area (Å²) in [6.45, 7) is 0.344. The van der Waals surface area contributed by atoms with E-state index in [-0.39, 0.29) is 5.76 Å². The summed E-state index contributed by atoms with van der Waals surface area (Å²) in [5.74, 6) is -1.14. The Morgan fingerprint density at radius 1 is 1.44 bits per heavy atom. The van der Waals surface area contributed by atoms with Crippen LogP contribution in [0.5, 0.6) is 0 Å². The zero-order valence-corrected chi connectivity index (χ0v) is 11.5. The highest BCUT2D eigenvalue weighted by atomic mass is 79.9. The standard InChI is InChI=1S/C12H9BrClNO3/c13-9-2-1-8(14)5-10(9)15-6-7-3-4-18-11(7)12(16)17/h1-5,15H,6H2,(H,16,17). The Balaban J connectivity index is 2.14. The molecule has 2 N–H and O–H groups in total. The second kappa shape index (κ2) is 5.46. The average molecular weight is 331 g/mol. The maximum Gasteiger partial charge on any atom is 0.372 e. The van der Waals surface area contributed by atoms with E-state index in [4.69, 9.17) is 21.1 Å². The number of hydrogen-bond donors (Lipinski definition) is 2. The Morgan fingerprint density at radius 3 is 2.94 bits per heavy atom. The Morgan fingerprint density at radius 2 is 2.22 bits per heavy atom. The van der Waals surface area contributed by atoms with Crippen molar-refractivity contribution in [2.24, 2.45) is 0 Å². The van der Waals surface area contributed by atoms with Gasteiger partial charge in [0.05, 0.1) is 12.0 Å². The van der Waals surface area contributed by atoms with Gasteiger partial charge >= 0.3 is 5.97 Å².